The molecule has 0 spiro atoms. The van der Waals surface area contributed by atoms with Crippen LogP contribution >= 0.6 is 0 Å². The third-order valence-corrected chi connectivity index (χ3v) is 2.44. The Morgan fingerprint density at radius 3 is 2.78 bits per heavy atom. The maximum atomic E-state index is 11.9. The summed E-state index contributed by atoms with van der Waals surface area (Å²) in [5.74, 6) is 0.134. The first-order valence-corrected chi connectivity index (χ1v) is 5.42. The maximum Gasteiger partial charge on any atom is 0.340 e. The zero-order valence-corrected chi connectivity index (χ0v) is 10.1. The van der Waals surface area contributed by atoms with Gasteiger partial charge in [-0.1, -0.05) is 0 Å². The van der Waals surface area contributed by atoms with Gasteiger partial charge in [0.05, 0.1) is 17.8 Å². The van der Waals surface area contributed by atoms with Crippen molar-refractivity contribution in [2.75, 3.05) is 0 Å². The standard InChI is InChI=1S/C11H13N5O2/c1-6-3-4-8(7(2)13-6)10(17)12-5-9-14-11(18)16-15-9/h3-4H,5H2,1-2H3,(H,12,17)(H2,14,15,16,18). The summed E-state index contributed by atoms with van der Waals surface area (Å²) >= 11 is 0. The van der Waals surface area contributed by atoms with Crippen LogP contribution < -0.4 is 11.0 Å². The van der Waals surface area contributed by atoms with Gasteiger partial charge in [0.1, 0.15) is 5.82 Å². The van der Waals surface area contributed by atoms with Gasteiger partial charge in [0.25, 0.3) is 5.91 Å². The molecule has 0 saturated carbocycles. The third-order valence-electron chi connectivity index (χ3n) is 2.44. The van der Waals surface area contributed by atoms with E-state index in [1.165, 1.54) is 0 Å². The molecule has 0 fully saturated rings. The quantitative estimate of drug-likeness (QED) is 0.712. The molecule has 94 valence electrons. The van der Waals surface area contributed by atoms with Crippen molar-refractivity contribution in [3.63, 3.8) is 0 Å². The number of H-pyrrole nitrogens is 2. The minimum absolute atomic E-state index is 0.158. The predicted octanol–water partition coefficient (Wildman–Crippen LogP) is 0.0398. The van der Waals surface area contributed by atoms with E-state index in [0.717, 1.165) is 5.69 Å². The van der Waals surface area contributed by atoms with Gasteiger partial charge in [-0.2, -0.15) is 5.10 Å². The summed E-state index contributed by atoms with van der Waals surface area (Å²) in [7, 11) is 0. The summed E-state index contributed by atoms with van der Waals surface area (Å²) in [6.45, 7) is 3.80. The van der Waals surface area contributed by atoms with Crippen molar-refractivity contribution >= 4 is 5.91 Å². The number of rotatable bonds is 3. The van der Waals surface area contributed by atoms with Gasteiger partial charge in [-0.3, -0.25) is 14.8 Å². The number of nitrogens with zero attached hydrogens (tertiary/aromatic N) is 2. The fraction of sp³-hybridized carbons (Fsp3) is 0.273. The zero-order valence-electron chi connectivity index (χ0n) is 10.1. The molecule has 2 heterocycles. The van der Waals surface area contributed by atoms with Crippen molar-refractivity contribution in [1.82, 2.24) is 25.5 Å². The Hall–Kier alpha value is -2.44. The molecule has 0 saturated heterocycles. The fourth-order valence-corrected chi connectivity index (χ4v) is 1.57. The predicted molar refractivity (Wildman–Crippen MR) is 64.1 cm³/mol. The van der Waals surface area contributed by atoms with Crippen molar-refractivity contribution in [3.05, 3.63) is 45.4 Å². The fourth-order valence-electron chi connectivity index (χ4n) is 1.57. The summed E-state index contributed by atoms with van der Waals surface area (Å²) in [5.41, 5.74) is 1.65. The van der Waals surface area contributed by atoms with E-state index in [-0.39, 0.29) is 12.5 Å². The van der Waals surface area contributed by atoms with Crippen molar-refractivity contribution in [1.29, 1.82) is 0 Å². The van der Waals surface area contributed by atoms with Crippen LogP contribution in [0.1, 0.15) is 27.6 Å². The van der Waals surface area contributed by atoms with Crippen LogP contribution in [0.2, 0.25) is 0 Å². The number of nitrogens with one attached hydrogen (secondary N) is 3. The van der Waals surface area contributed by atoms with Crippen molar-refractivity contribution < 1.29 is 4.79 Å². The second-order valence-corrected chi connectivity index (χ2v) is 3.89. The normalized spacial score (nSPS) is 10.3. The maximum absolute atomic E-state index is 11.9. The van der Waals surface area contributed by atoms with E-state index in [1.807, 2.05) is 6.92 Å². The van der Waals surface area contributed by atoms with Crippen LogP contribution in [0.15, 0.2) is 16.9 Å². The third kappa shape index (κ3) is 2.62. The summed E-state index contributed by atoms with van der Waals surface area (Å²) in [6.07, 6.45) is 0. The highest BCUT2D eigenvalue weighted by Crippen LogP contribution is 2.06. The number of hydrogen-bond donors (Lipinski definition) is 3. The minimum atomic E-state index is -0.396. The molecule has 2 aromatic rings. The van der Waals surface area contributed by atoms with E-state index in [9.17, 15) is 9.59 Å². The number of amides is 1. The first-order chi connectivity index (χ1) is 8.56. The number of carbonyl (C=O) groups is 1. The Bertz CT molecular complexity index is 628. The first kappa shape index (κ1) is 12.0. The van der Waals surface area contributed by atoms with E-state index < -0.39 is 5.69 Å². The number of pyridine rings is 1. The van der Waals surface area contributed by atoms with Crippen LogP contribution in [-0.4, -0.2) is 26.1 Å². The molecule has 0 bridgehead atoms. The molecule has 2 aromatic heterocycles. The van der Waals surface area contributed by atoms with Gasteiger partial charge in [-0.05, 0) is 26.0 Å². The molecule has 0 aliphatic carbocycles. The topological polar surface area (TPSA) is 104 Å². The Morgan fingerprint density at radius 1 is 1.39 bits per heavy atom. The Labute approximate surface area is 103 Å². The Morgan fingerprint density at radius 2 is 2.17 bits per heavy atom. The number of carbonyl (C=O) groups excluding carboxylic acids is 1. The highest BCUT2D eigenvalue weighted by molar-refractivity contribution is 5.95. The van der Waals surface area contributed by atoms with Crippen LogP contribution in [0, 0.1) is 13.8 Å². The van der Waals surface area contributed by atoms with E-state index in [0.29, 0.717) is 17.1 Å². The second kappa shape index (κ2) is 4.82. The molecule has 0 aromatic carbocycles. The SMILES string of the molecule is Cc1ccc(C(=O)NCc2n[nH]c(=O)[nH]2)c(C)n1. The van der Waals surface area contributed by atoms with Crippen molar-refractivity contribution in [2.45, 2.75) is 20.4 Å². The summed E-state index contributed by atoms with van der Waals surface area (Å²) in [6, 6.07) is 3.50. The van der Waals surface area contributed by atoms with Crippen LogP contribution in [0.25, 0.3) is 0 Å². The molecule has 0 unspecified atom stereocenters. The van der Waals surface area contributed by atoms with Crippen LogP contribution in [0.3, 0.4) is 0 Å². The molecular formula is C11H13N5O2. The van der Waals surface area contributed by atoms with Gasteiger partial charge in [0.2, 0.25) is 0 Å². The molecule has 0 atom stereocenters. The zero-order chi connectivity index (χ0) is 13.1. The van der Waals surface area contributed by atoms with Crippen molar-refractivity contribution in [3.8, 4) is 0 Å². The number of aryl methyl sites for hydroxylation is 2. The summed E-state index contributed by atoms with van der Waals surface area (Å²) in [4.78, 5) is 29.3. The number of hydrogen-bond acceptors (Lipinski definition) is 4. The lowest BCUT2D eigenvalue weighted by Crippen LogP contribution is -2.24. The lowest BCUT2D eigenvalue weighted by molar-refractivity contribution is 0.0949. The molecule has 2 rings (SSSR count). The van der Waals surface area contributed by atoms with Crippen LogP contribution in [0.5, 0.6) is 0 Å². The molecule has 0 aliphatic heterocycles. The van der Waals surface area contributed by atoms with Gasteiger partial charge in [-0.25, -0.2) is 9.89 Å². The molecule has 1 amide bonds. The summed E-state index contributed by atoms with van der Waals surface area (Å²) in [5, 5.41) is 8.58. The Kier molecular flexibility index (Phi) is 3.22. The highest BCUT2D eigenvalue weighted by atomic mass is 16.2. The van der Waals surface area contributed by atoms with Crippen molar-refractivity contribution in [2.24, 2.45) is 0 Å². The number of aromatic nitrogens is 4. The van der Waals surface area contributed by atoms with E-state index >= 15 is 0 Å². The molecule has 0 aliphatic rings. The highest BCUT2D eigenvalue weighted by Gasteiger charge is 2.10. The van der Waals surface area contributed by atoms with Gasteiger partial charge < -0.3 is 5.32 Å². The van der Waals surface area contributed by atoms with E-state index in [2.05, 4.69) is 25.5 Å². The molecule has 7 nitrogen and oxygen atoms in total. The van der Waals surface area contributed by atoms with Gasteiger partial charge in [0, 0.05) is 5.69 Å². The van der Waals surface area contributed by atoms with E-state index in [1.54, 1.807) is 19.1 Å². The average Bonchev–Trinajstić information content (AvgIpc) is 2.72. The molecule has 3 N–H and O–H groups in total. The van der Waals surface area contributed by atoms with Crippen LogP contribution in [-0.2, 0) is 6.54 Å². The van der Waals surface area contributed by atoms with Crippen LogP contribution in [0.4, 0.5) is 0 Å². The number of aromatic amines is 2. The minimum Gasteiger partial charge on any atom is -0.345 e. The van der Waals surface area contributed by atoms with E-state index in [4.69, 9.17) is 0 Å². The lowest BCUT2D eigenvalue weighted by Gasteiger charge is -2.06. The van der Waals surface area contributed by atoms with Gasteiger partial charge in [0.15, 0.2) is 0 Å². The largest absolute Gasteiger partial charge is 0.345 e. The first-order valence-electron chi connectivity index (χ1n) is 5.42. The summed E-state index contributed by atoms with van der Waals surface area (Å²) < 4.78 is 0. The molecule has 18 heavy (non-hydrogen) atoms. The lowest BCUT2D eigenvalue weighted by atomic mass is 10.2. The van der Waals surface area contributed by atoms with Gasteiger partial charge in [-0.15, -0.1) is 0 Å². The second-order valence-electron chi connectivity index (χ2n) is 3.89. The smallest absolute Gasteiger partial charge is 0.340 e. The molecular weight excluding hydrogens is 234 g/mol. The molecule has 0 radical (unpaired) electrons. The Balaban J connectivity index is 2.06. The monoisotopic (exact) mass is 247 g/mol. The average molecular weight is 247 g/mol. The van der Waals surface area contributed by atoms with Gasteiger partial charge >= 0.3 is 5.69 Å². The molecule has 7 heteroatoms.